The van der Waals surface area contributed by atoms with Crippen molar-refractivity contribution in [3.63, 3.8) is 0 Å². The summed E-state index contributed by atoms with van der Waals surface area (Å²) in [5.41, 5.74) is -1.10. The smallest absolute Gasteiger partial charge is 0.410 e. The first-order valence-electron chi connectivity index (χ1n) is 10.4. The van der Waals surface area contributed by atoms with Crippen molar-refractivity contribution in [3.8, 4) is 0 Å². The number of benzene rings is 1. The molecule has 1 aliphatic heterocycles. The van der Waals surface area contributed by atoms with Gasteiger partial charge in [-0.1, -0.05) is 12.1 Å². The Labute approximate surface area is 176 Å². The van der Waals surface area contributed by atoms with Gasteiger partial charge in [0.15, 0.2) is 0 Å². The number of hydrogen-bond donors (Lipinski definition) is 1. The Morgan fingerprint density at radius 1 is 1.27 bits per heavy atom. The fraction of sp³-hybridized carbons (Fsp3) is 0.591. The number of nitrogens with one attached hydrogen (secondary N) is 1. The highest BCUT2D eigenvalue weighted by molar-refractivity contribution is 6.05. The van der Waals surface area contributed by atoms with Crippen molar-refractivity contribution in [3.05, 3.63) is 30.0 Å². The monoisotopic (exact) mass is 418 g/mol. The lowest BCUT2D eigenvalue weighted by molar-refractivity contribution is 0.00339. The molecular weight excluding hydrogens is 387 g/mol. The third-order valence-corrected chi connectivity index (χ3v) is 5.20. The second-order valence-corrected chi connectivity index (χ2v) is 9.25. The highest BCUT2D eigenvalue weighted by atomic mass is 19.1. The number of ether oxygens (including phenoxy) is 1. The number of nitrogens with zero attached hydrogens (tertiary/aromatic N) is 3. The van der Waals surface area contributed by atoms with E-state index in [0.29, 0.717) is 11.1 Å². The van der Waals surface area contributed by atoms with E-state index in [4.69, 9.17) is 4.74 Å². The summed E-state index contributed by atoms with van der Waals surface area (Å²) in [6.07, 6.45) is 1.78. The Morgan fingerprint density at radius 3 is 2.53 bits per heavy atom. The molecule has 8 heteroatoms. The van der Waals surface area contributed by atoms with E-state index in [1.165, 1.54) is 4.90 Å². The number of halogens is 1. The Balaban J connectivity index is 1.60. The molecule has 2 amide bonds. The van der Waals surface area contributed by atoms with Gasteiger partial charge in [-0.05, 0) is 40.7 Å². The average molecular weight is 419 g/mol. The maximum absolute atomic E-state index is 15.2. The van der Waals surface area contributed by atoms with E-state index in [1.807, 2.05) is 30.8 Å². The number of fused-ring (bicyclic) bond motifs is 1. The minimum absolute atomic E-state index is 0.102. The number of hydrogen-bond acceptors (Lipinski definition) is 4. The van der Waals surface area contributed by atoms with Gasteiger partial charge in [0.1, 0.15) is 16.8 Å². The van der Waals surface area contributed by atoms with Gasteiger partial charge in [-0.25, -0.2) is 9.18 Å². The normalized spacial score (nSPS) is 16.7. The maximum Gasteiger partial charge on any atom is 0.410 e. The van der Waals surface area contributed by atoms with Crippen LogP contribution in [-0.2, 0) is 4.74 Å². The number of carbonyl (C=O) groups is 2. The van der Waals surface area contributed by atoms with Crippen LogP contribution in [-0.4, -0.2) is 57.6 Å². The van der Waals surface area contributed by atoms with Crippen LogP contribution in [0.1, 0.15) is 63.9 Å². The van der Waals surface area contributed by atoms with Crippen molar-refractivity contribution in [2.24, 2.45) is 0 Å². The van der Waals surface area contributed by atoms with Crippen molar-refractivity contribution in [2.45, 2.75) is 64.8 Å². The Hall–Kier alpha value is -2.64. The molecule has 0 spiro atoms. The van der Waals surface area contributed by atoms with E-state index in [-0.39, 0.29) is 44.4 Å². The third-order valence-electron chi connectivity index (χ3n) is 5.20. The standard InChI is InChI=1S/C22H31FN4O3/c1-15(2)27-13-16-7-6-8-17(18(16)25-27)19(28)24-14-22(23)9-11-26(12-10-22)20(29)30-21(3,4)5/h6-8,13,15H,9-12,14H2,1-5H3,(H,24,28). The summed E-state index contributed by atoms with van der Waals surface area (Å²) in [6.45, 7) is 9.85. The SMILES string of the molecule is CC(C)n1cc2cccc(C(=O)NCC3(F)CCN(C(=O)OC(C)(C)C)CC3)c2n1. The predicted molar refractivity (Wildman–Crippen MR) is 113 cm³/mol. The molecule has 0 atom stereocenters. The number of likely N-dealkylation sites (tertiary alicyclic amines) is 1. The molecular formula is C22H31FN4O3. The molecule has 0 unspecified atom stereocenters. The van der Waals surface area contributed by atoms with E-state index in [2.05, 4.69) is 10.4 Å². The lowest BCUT2D eigenvalue weighted by Gasteiger charge is -2.37. The predicted octanol–water partition coefficient (Wildman–Crippen LogP) is 4.09. The van der Waals surface area contributed by atoms with Gasteiger partial charge < -0.3 is 15.0 Å². The highest BCUT2D eigenvalue weighted by Crippen LogP contribution is 2.27. The van der Waals surface area contributed by atoms with Crippen LogP contribution < -0.4 is 5.32 Å². The zero-order chi connectivity index (χ0) is 22.1. The Kier molecular flexibility index (Phi) is 6.06. The third kappa shape index (κ3) is 5.09. The van der Waals surface area contributed by atoms with E-state index >= 15 is 4.39 Å². The van der Waals surface area contributed by atoms with Crippen LogP contribution in [0.2, 0.25) is 0 Å². The second kappa shape index (κ2) is 8.24. The van der Waals surface area contributed by atoms with Crippen LogP contribution in [0.3, 0.4) is 0 Å². The lowest BCUT2D eigenvalue weighted by Crippen LogP contribution is -2.50. The Morgan fingerprint density at radius 2 is 1.93 bits per heavy atom. The van der Waals surface area contributed by atoms with E-state index in [1.54, 1.807) is 32.9 Å². The molecule has 30 heavy (non-hydrogen) atoms. The Bertz CT molecular complexity index is 924. The van der Waals surface area contributed by atoms with Crippen molar-refractivity contribution >= 4 is 22.9 Å². The average Bonchev–Trinajstić information content (AvgIpc) is 3.10. The molecule has 2 heterocycles. The molecule has 7 nitrogen and oxygen atoms in total. The van der Waals surface area contributed by atoms with Crippen molar-refractivity contribution < 1.29 is 18.7 Å². The topological polar surface area (TPSA) is 76.5 Å². The van der Waals surface area contributed by atoms with E-state index < -0.39 is 17.4 Å². The van der Waals surface area contributed by atoms with Gasteiger partial charge in [-0.15, -0.1) is 0 Å². The first kappa shape index (κ1) is 22.1. The van der Waals surface area contributed by atoms with Crippen LogP contribution in [0, 0.1) is 0 Å². The number of aromatic nitrogens is 2. The quantitative estimate of drug-likeness (QED) is 0.812. The molecule has 1 N–H and O–H groups in total. The van der Waals surface area contributed by atoms with E-state index in [9.17, 15) is 9.59 Å². The molecule has 0 bridgehead atoms. The summed E-state index contributed by atoms with van der Waals surface area (Å²) >= 11 is 0. The van der Waals surface area contributed by atoms with Crippen LogP contribution in [0.4, 0.5) is 9.18 Å². The van der Waals surface area contributed by atoms with Gasteiger partial charge in [0.2, 0.25) is 0 Å². The summed E-state index contributed by atoms with van der Waals surface area (Å²) in [6, 6.07) is 5.58. The highest BCUT2D eigenvalue weighted by Gasteiger charge is 2.37. The largest absolute Gasteiger partial charge is 0.444 e. The summed E-state index contributed by atoms with van der Waals surface area (Å²) in [7, 11) is 0. The zero-order valence-corrected chi connectivity index (χ0v) is 18.4. The van der Waals surface area contributed by atoms with Gasteiger partial charge in [-0.2, -0.15) is 5.10 Å². The van der Waals surface area contributed by atoms with Gasteiger partial charge in [0, 0.05) is 43.6 Å². The fourth-order valence-corrected chi connectivity index (χ4v) is 3.44. The molecule has 1 fully saturated rings. The minimum atomic E-state index is -1.56. The molecule has 3 rings (SSSR count). The van der Waals surface area contributed by atoms with Crippen LogP contribution in [0.5, 0.6) is 0 Å². The van der Waals surface area contributed by atoms with Crippen LogP contribution in [0.15, 0.2) is 24.4 Å². The van der Waals surface area contributed by atoms with Gasteiger partial charge in [0.05, 0.1) is 12.1 Å². The number of alkyl halides is 1. The first-order valence-corrected chi connectivity index (χ1v) is 10.4. The molecule has 1 saturated heterocycles. The van der Waals surface area contributed by atoms with Gasteiger partial charge in [-0.3, -0.25) is 9.48 Å². The molecule has 2 aromatic rings. The maximum atomic E-state index is 15.2. The first-order chi connectivity index (χ1) is 14.0. The van der Waals surface area contributed by atoms with Crippen LogP contribution >= 0.6 is 0 Å². The summed E-state index contributed by atoms with van der Waals surface area (Å²) in [4.78, 5) is 26.4. The minimum Gasteiger partial charge on any atom is -0.444 e. The van der Waals surface area contributed by atoms with E-state index in [0.717, 1.165) is 5.39 Å². The molecule has 1 aromatic carbocycles. The molecule has 164 valence electrons. The van der Waals surface area contributed by atoms with Crippen molar-refractivity contribution in [1.82, 2.24) is 20.0 Å². The number of carbonyl (C=O) groups excluding carboxylic acids is 2. The summed E-state index contributed by atoms with van der Waals surface area (Å²) < 4.78 is 22.4. The second-order valence-electron chi connectivity index (χ2n) is 9.25. The summed E-state index contributed by atoms with van der Waals surface area (Å²) in [5, 5.41) is 8.10. The van der Waals surface area contributed by atoms with Crippen molar-refractivity contribution in [2.75, 3.05) is 19.6 Å². The van der Waals surface area contributed by atoms with Crippen molar-refractivity contribution in [1.29, 1.82) is 0 Å². The molecule has 0 saturated carbocycles. The molecule has 0 aliphatic carbocycles. The zero-order valence-electron chi connectivity index (χ0n) is 18.4. The van der Waals surface area contributed by atoms with Gasteiger partial charge in [0.25, 0.3) is 5.91 Å². The molecule has 1 aliphatic rings. The number of rotatable bonds is 4. The fourth-order valence-electron chi connectivity index (χ4n) is 3.44. The number of piperidine rings is 1. The van der Waals surface area contributed by atoms with Crippen LogP contribution in [0.25, 0.3) is 10.9 Å². The molecule has 0 radical (unpaired) electrons. The summed E-state index contributed by atoms with van der Waals surface area (Å²) in [5.74, 6) is -0.346. The molecule has 1 aromatic heterocycles. The lowest BCUT2D eigenvalue weighted by atomic mass is 9.93. The number of amides is 2. The van der Waals surface area contributed by atoms with Gasteiger partial charge >= 0.3 is 6.09 Å².